The molecule has 2 rings (SSSR count). The third kappa shape index (κ3) is 2.66. The second kappa shape index (κ2) is 5.90. The number of rotatable bonds is 6. The summed E-state index contributed by atoms with van der Waals surface area (Å²) in [4.78, 5) is 0. The molecule has 1 unspecified atom stereocenters. The Balaban J connectivity index is 2.02. The van der Waals surface area contributed by atoms with E-state index in [1.54, 1.807) is 7.11 Å². The van der Waals surface area contributed by atoms with Crippen molar-refractivity contribution in [3.63, 3.8) is 0 Å². The second-order valence-corrected chi connectivity index (χ2v) is 4.93. The molecule has 0 heterocycles. The SMILES string of the molecule is C=C(CCCC)C1=CCC1c1ccc(OC)cc1. The minimum atomic E-state index is 0.556. The molecule has 1 aromatic carbocycles. The van der Waals surface area contributed by atoms with Gasteiger partial charge in [-0.3, -0.25) is 0 Å². The molecule has 0 aliphatic heterocycles. The van der Waals surface area contributed by atoms with Crippen molar-refractivity contribution < 1.29 is 4.74 Å². The van der Waals surface area contributed by atoms with E-state index in [9.17, 15) is 0 Å². The monoisotopic (exact) mass is 242 g/mol. The third-order valence-corrected chi connectivity index (χ3v) is 3.71. The van der Waals surface area contributed by atoms with Crippen LogP contribution in [0.5, 0.6) is 5.75 Å². The van der Waals surface area contributed by atoms with Crippen molar-refractivity contribution in [3.05, 3.63) is 53.6 Å². The van der Waals surface area contributed by atoms with E-state index in [2.05, 4.69) is 31.7 Å². The van der Waals surface area contributed by atoms with Crippen molar-refractivity contribution in [1.82, 2.24) is 0 Å². The summed E-state index contributed by atoms with van der Waals surface area (Å²) in [5.41, 5.74) is 4.16. The van der Waals surface area contributed by atoms with Gasteiger partial charge in [0.05, 0.1) is 7.11 Å². The minimum Gasteiger partial charge on any atom is -0.497 e. The second-order valence-electron chi connectivity index (χ2n) is 4.93. The highest BCUT2D eigenvalue weighted by Crippen LogP contribution is 2.42. The van der Waals surface area contributed by atoms with Crippen LogP contribution in [0.4, 0.5) is 0 Å². The lowest BCUT2D eigenvalue weighted by atomic mass is 9.75. The van der Waals surface area contributed by atoms with Crippen LogP contribution in [0.2, 0.25) is 0 Å². The molecule has 1 heteroatoms. The Labute approximate surface area is 110 Å². The number of hydrogen-bond acceptors (Lipinski definition) is 1. The molecule has 0 spiro atoms. The molecule has 96 valence electrons. The van der Waals surface area contributed by atoms with Gasteiger partial charge in [-0.05, 0) is 42.5 Å². The summed E-state index contributed by atoms with van der Waals surface area (Å²) in [5, 5.41) is 0. The van der Waals surface area contributed by atoms with Crippen molar-refractivity contribution in [1.29, 1.82) is 0 Å². The van der Waals surface area contributed by atoms with Gasteiger partial charge in [-0.25, -0.2) is 0 Å². The van der Waals surface area contributed by atoms with E-state index in [1.807, 2.05) is 12.1 Å². The van der Waals surface area contributed by atoms with E-state index in [0.717, 1.165) is 18.6 Å². The van der Waals surface area contributed by atoms with E-state index in [0.29, 0.717) is 5.92 Å². The number of benzene rings is 1. The van der Waals surface area contributed by atoms with Gasteiger partial charge in [0.1, 0.15) is 5.75 Å². The Kier molecular flexibility index (Phi) is 4.24. The Morgan fingerprint density at radius 1 is 1.33 bits per heavy atom. The smallest absolute Gasteiger partial charge is 0.118 e. The fourth-order valence-corrected chi connectivity index (χ4v) is 2.43. The fourth-order valence-electron chi connectivity index (χ4n) is 2.43. The number of hydrogen-bond donors (Lipinski definition) is 0. The van der Waals surface area contributed by atoms with E-state index >= 15 is 0 Å². The van der Waals surface area contributed by atoms with Gasteiger partial charge in [-0.2, -0.15) is 0 Å². The van der Waals surface area contributed by atoms with E-state index < -0.39 is 0 Å². The van der Waals surface area contributed by atoms with Crippen LogP contribution in [-0.2, 0) is 0 Å². The van der Waals surface area contributed by atoms with Gasteiger partial charge in [0.25, 0.3) is 0 Å². The maximum atomic E-state index is 5.20. The van der Waals surface area contributed by atoms with Crippen LogP contribution in [0.25, 0.3) is 0 Å². The molecule has 1 atom stereocenters. The predicted octanol–water partition coefficient (Wildman–Crippen LogP) is 4.86. The molecule has 0 saturated carbocycles. The molecule has 0 amide bonds. The van der Waals surface area contributed by atoms with Gasteiger partial charge in [-0.15, -0.1) is 0 Å². The van der Waals surface area contributed by atoms with Crippen LogP contribution in [0.3, 0.4) is 0 Å². The Bertz CT molecular complexity index is 439. The number of ether oxygens (including phenoxy) is 1. The largest absolute Gasteiger partial charge is 0.497 e. The van der Waals surface area contributed by atoms with Crippen molar-refractivity contribution in [2.24, 2.45) is 0 Å². The summed E-state index contributed by atoms with van der Waals surface area (Å²) in [7, 11) is 1.70. The summed E-state index contributed by atoms with van der Waals surface area (Å²) in [6.45, 7) is 6.46. The van der Waals surface area contributed by atoms with Gasteiger partial charge in [0, 0.05) is 5.92 Å². The molecular formula is C17H22O. The highest BCUT2D eigenvalue weighted by molar-refractivity contribution is 5.47. The molecule has 0 aromatic heterocycles. The van der Waals surface area contributed by atoms with Crippen LogP contribution in [0.1, 0.15) is 44.1 Å². The standard InChI is InChI=1S/C17H22O/c1-4-5-6-13(2)16-11-12-17(16)14-7-9-15(18-3)10-8-14/h7-11,17H,2,4-6,12H2,1,3H3. The van der Waals surface area contributed by atoms with Crippen LogP contribution < -0.4 is 4.74 Å². The predicted molar refractivity (Wildman–Crippen MR) is 77.1 cm³/mol. The average Bonchev–Trinajstić information content (AvgIpc) is 2.36. The maximum absolute atomic E-state index is 5.20. The van der Waals surface area contributed by atoms with Crippen molar-refractivity contribution in [2.45, 2.75) is 38.5 Å². The number of unbranched alkanes of at least 4 members (excludes halogenated alkanes) is 1. The first-order chi connectivity index (χ1) is 8.76. The molecule has 1 aliphatic rings. The first-order valence-electron chi connectivity index (χ1n) is 6.78. The normalized spacial score (nSPS) is 17.9. The quantitative estimate of drug-likeness (QED) is 0.692. The molecule has 1 aromatic rings. The van der Waals surface area contributed by atoms with Gasteiger partial charge in [-0.1, -0.05) is 43.7 Å². The zero-order chi connectivity index (χ0) is 13.0. The fraction of sp³-hybridized carbons (Fsp3) is 0.412. The van der Waals surface area contributed by atoms with Crippen LogP contribution in [0.15, 0.2) is 48.1 Å². The zero-order valence-corrected chi connectivity index (χ0v) is 11.4. The highest BCUT2D eigenvalue weighted by Gasteiger charge is 2.24. The summed E-state index contributed by atoms with van der Waals surface area (Å²) in [5.74, 6) is 1.48. The highest BCUT2D eigenvalue weighted by atomic mass is 16.5. The average molecular weight is 242 g/mol. The molecule has 0 fully saturated rings. The third-order valence-electron chi connectivity index (χ3n) is 3.71. The lowest BCUT2D eigenvalue weighted by molar-refractivity contribution is 0.414. The summed E-state index contributed by atoms with van der Waals surface area (Å²) in [6, 6.07) is 8.42. The Morgan fingerprint density at radius 3 is 2.56 bits per heavy atom. The Hall–Kier alpha value is -1.50. The topological polar surface area (TPSA) is 9.23 Å². The number of allylic oxidation sites excluding steroid dienone is 3. The first kappa shape index (κ1) is 12.9. The molecule has 0 bridgehead atoms. The molecule has 18 heavy (non-hydrogen) atoms. The van der Waals surface area contributed by atoms with Crippen LogP contribution >= 0.6 is 0 Å². The minimum absolute atomic E-state index is 0.556. The molecule has 0 saturated heterocycles. The Morgan fingerprint density at radius 2 is 2.06 bits per heavy atom. The van der Waals surface area contributed by atoms with Crippen LogP contribution in [-0.4, -0.2) is 7.11 Å². The summed E-state index contributed by atoms with van der Waals surface area (Å²) < 4.78 is 5.20. The summed E-state index contributed by atoms with van der Waals surface area (Å²) >= 11 is 0. The van der Waals surface area contributed by atoms with E-state index in [1.165, 1.54) is 29.6 Å². The lowest BCUT2D eigenvalue weighted by Crippen LogP contribution is -2.12. The van der Waals surface area contributed by atoms with Crippen molar-refractivity contribution in [2.75, 3.05) is 7.11 Å². The van der Waals surface area contributed by atoms with Gasteiger partial charge in [0.15, 0.2) is 0 Å². The zero-order valence-electron chi connectivity index (χ0n) is 11.4. The van der Waals surface area contributed by atoms with Crippen molar-refractivity contribution in [3.8, 4) is 5.75 Å². The van der Waals surface area contributed by atoms with Crippen LogP contribution in [0, 0.1) is 0 Å². The van der Waals surface area contributed by atoms with Gasteiger partial charge < -0.3 is 4.74 Å². The van der Waals surface area contributed by atoms with E-state index in [-0.39, 0.29) is 0 Å². The molecular weight excluding hydrogens is 220 g/mol. The molecule has 1 nitrogen and oxygen atoms in total. The number of methoxy groups -OCH3 is 1. The molecule has 0 N–H and O–H groups in total. The van der Waals surface area contributed by atoms with Gasteiger partial charge >= 0.3 is 0 Å². The molecule has 0 radical (unpaired) electrons. The van der Waals surface area contributed by atoms with Gasteiger partial charge in [0.2, 0.25) is 0 Å². The van der Waals surface area contributed by atoms with E-state index in [4.69, 9.17) is 4.74 Å². The van der Waals surface area contributed by atoms with Crippen molar-refractivity contribution >= 4 is 0 Å². The molecule has 1 aliphatic carbocycles. The lowest BCUT2D eigenvalue weighted by Gasteiger charge is -2.29. The summed E-state index contributed by atoms with van der Waals surface area (Å²) in [6.07, 6.45) is 7.08. The first-order valence-corrected chi connectivity index (χ1v) is 6.78. The maximum Gasteiger partial charge on any atom is 0.118 e.